The minimum absolute atomic E-state index is 0.0114. The summed E-state index contributed by atoms with van der Waals surface area (Å²) < 4.78 is 29.9. The average Bonchev–Trinajstić information content (AvgIpc) is 3.27. The lowest BCUT2D eigenvalue weighted by atomic mass is 10.1. The third-order valence-electron chi connectivity index (χ3n) is 5.10. The van der Waals surface area contributed by atoms with Crippen LogP contribution in [0.2, 0.25) is 0 Å². The predicted molar refractivity (Wildman–Crippen MR) is 122 cm³/mol. The van der Waals surface area contributed by atoms with Crippen LogP contribution in [0.3, 0.4) is 0 Å². The normalized spacial score (nSPS) is 11.3. The first kappa shape index (κ1) is 21.5. The maximum absolute atomic E-state index is 13.5. The maximum Gasteiger partial charge on any atom is 0.264 e. The van der Waals surface area contributed by atoms with Crippen LogP contribution in [-0.2, 0) is 16.6 Å². The molecule has 0 aliphatic carbocycles. The van der Waals surface area contributed by atoms with E-state index in [4.69, 9.17) is 0 Å². The van der Waals surface area contributed by atoms with E-state index in [1.54, 1.807) is 65.5 Å². The molecule has 0 aliphatic heterocycles. The highest BCUT2D eigenvalue weighted by atomic mass is 32.2. The SMILES string of the molecule is CC(=O)c1ccc(N(Cc2cn(-c3ccccc3C)nn2)S(=O)(=O)c2ccccc2)cc1. The van der Waals surface area contributed by atoms with E-state index in [1.807, 2.05) is 31.2 Å². The molecule has 1 heterocycles. The lowest BCUT2D eigenvalue weighted by molar-refractivity contribution is 0.101. The van der Waals surface area contributed by atoms with Gasteiger partial charge in [0.2, 0.25) is 0 Å². The summed E-state index contributed by atoms with van der Waals surface area (Å²) in [7, 11) is -3.88. The van der Waals surface area contributed by atoms with Crippen LogP contribution in [0.1, 0.15) is 28.5 Å². The van der Waals surface area contributed by atoms with Gasteiger partial charge in [-0.1, -0.05) is 41.6 Å². The van der Waals surface area contributed by atoms with Crippen LogP contribution in [0, 0.1) is 6.92 Å². The molecule has 0 unspecified atom stereocenters. The number of anilines is 1. The zero-order valence-electron chi connectivity index (χ0n) is 17.7. The Labute approximate surface area is 187 Å². The highest BCUT2D eigenvalue weighted by Gasteiger charge is 2.26. The van der Waals surface area contributed by atoms with Crippen molar-refractivity contribution in [2.45, 2.75) is 25.3 Å². The molecule has 4 aromatic rings. The first-order chi connectivity index (χ1) is 15.4. The number of carbonyl (C=O) groups is 1. The monoisotopic (exact) mass is 446 g/mol. The number of para-hydroxylation sites is 1. The summed E-state index contributed by atoms with van der Waals surface area (Å²) in [5.74, 6) is -0.0878. The predicted octanol–water partition coefficient (Wildman–Crippen LogP) is 4.17. The van der Waals surface area contributed by atoms with Gasteiger partial charge < -0.3 is 0 Å². The Morgan fingerprint density at radius 2 is 1.59 bits per heavy atom. The van der Waals surface area contributed by atoms with Gasteiger partial charge in [-0.15, -0.1) is 5.10 Å². The van der Waals surface area contributed by atoms with E-state index in [2.05, 4.69) is 10.3 Å². The lowest BCUT2D eigenvalue weighted by Gasteiger charge is -2.23. The van der Waals surface area contributed by atoms with Crippen LogP contribution < -0.4 is 4.31 Å². The number of Topliss-reactive ketones (excluding diaryl/α,β-unsaturated/α-hetero) is 1. The highest BCUT2D eigenvalue weighted by molar-refractivity contribution is 7.92. The first-order valence-electron chi connectivity index (χ1n) is 10.0. The number of aromatic nitrogens is 3. The van der Waals surface area contributed by atoms with Crippen LogP contribution in [0.25, 0.3) is 5.69 Å². The Bertz CT molecular complexity index is 1350. The molecule has 0 saturated carbocycles. The summed E-state index contributed by atoms with van der Waals surface area (Å²) in [6.45, 7) is 3.43. The van der Waals surface area contributed by atoms with Crippen molar-refractivity contribution in [3.05, 3.63) is 102 Å². The Morgan fingerprint density at radius 3 is 2.25 bits per heavy atom. The summed E-state index contributed by atoms with van der Waals surface area (Å²) >= 11 is 0. The zero-order valence-corrected chi connectivity index (χ0v) is 18.5. The molecule has 32 heavy (non-hydrogen) atoms. The van der Waals surface area contributed by atoms with E-state index in [0.717, 1.165) is 11.3 Å². The molecule has 0 N–H and O–H groups in total. The fourth-order valence-corrected chi connectivity index (χ4v) is 4.81. The Morgan fingerprint density at radius 1 is 0.938 bits per heavy atom. The van der Waals surface area contributed by atoms with Crippen molar-refractivity contribution >= 4 is 21.5 Å². The van der Waals surface area contributed by atoms with Gasteiger partial charge in [0, 0.05) is 5.56 Å². The quantitative estimate of drug-likeness (QED) is 0.398. The Balaban J connectivity index is 1.73. The van der Waals surface area contributed by atoms with Crippen molar-refractivity contribution in [2.24, 2.45) is 0 Å². The summed E-state index contributed by atoms with van der Waals surface area (Å²) in [6.07, 6.45) is 1.72. The van der Waals surface area contributed by atoms with Crippen LogP contribution in [0.15, 0.2) is 90.0 Å². The summed E-state index contributed by atoms with van der Waals surface area (Å²) in [6, 6.07) is 22.5. The topological polar surface area (TPSA) is 85.2 Å². The maximum atomic E-state index is 13.5. The second-order valence-corrected chi connectivity index (χ2v) is 9.23. The Hall–Kier alpha value is -3.78. The van der Waals surface area contributed by atoms with Gasteiger partial charge in [0.25, 0.3) is 10.0 Å². The second kappa shape index (κ2) is 8.76. The average molecular weight is 447 g/mol. The molecular formula is C24H22N4O3S. The van der Waals surface area contributed by atoms with Crippen molar-refractivity contribution < 1.29 is 13.2 Å². The number of aryl methyl sites for hydroxylation is 1. The minimum atomic E-state index is -3.88. The van der Waals surface area contributed by atoms with E-state index >= 15 is 0 Å². The fourth-order valence-electron chi connectivity index (χ4n) is 3.35. The fraction of sp³-hybridized carbons (Fsp3) is 0.125. The van der Waals surface area contributed by atoms with E-state index in [0.29, 0.717) is 16.9 Å². The molecule has 162 valence electrons. The number of benzene rings is 3. The molecule has 0 spiro atoms. The molecule has 8 heteroatoms. The van der Waals surface area contributed by atoms with Gasteiger partial charge in [-0.2, -0.15) is 0 Å². The number of carbonyl (C=O) groups excluding carboxylic acids is 1. The molecule has 3 aromatic carbocycles. The van der Waals surface area contributed by atoms with Crippen LogP contribution in [0.5, 0.6) is 0 Å². The van der Waals surface area contributed by atoms with Gasteiger partial charge >= 0.3 is 0 Å². The number of rotatable bonds is 7. The molecule has 1 aromatic heterocycles. The molecule has 4 rings (SSSR count). The smallest absolute Gasteiger partial charge is 0.264 e. The summed E-state index contributed by atoms with van der Waals surface area (Å²) in [5, 5.41) is 8.39. The van der Waals surface area contributed by atoms with E-state index < -0.39 is 10.0 Å². The number of ketones is 1. The molecule has 0 amide bonds. The van der Waals surface area contributed by atoms with Gasteiger partial charge in [-0.25, -0.2) is 13.1 Å². The van der Waals surface area contributed by atoms with E-state index in [9.17, 15) is 13.2 Å². The van der Waals surface area contributed by atoms with Gasteiger partial charge in [0.05, 0.1) is 29.0 Å². The standard InChI is InChI=1S/C24H22N4O3S/c1-18-8-6-7-11-24(18)27-16-21(25-26-27)17-28(22-14-12-20(13-15-22)19(2)29)32(30,31)23-9-4-3-5-10-23/h3-16H,17H2,1-2H3. The summed E-state index contributed by atoms with van der Waals surface area (Å²) in [5.41, 5.74) is 3.33. The largest absolute Gasteiger partial charge is 0.295 e. The highest BCUT2D eigenvalue weighted by Crippen LogP contribution is 2.26. The number of nitrogens with zero attached hydrogens (tertiary/aromatic N) is 4. The molecule has 0 saturated heterocycles. The minimum Gasteiger partial charge on any atom is -0.295 e. The van der Waals surface area contributed by atoms with Gasteiger partial charge in [0.1, 0.15) is 5.69 Å². The van der Waals surface area contributed by atoms with Crippen LogP contribution in [0.4, 0.5) is 5.69 Å². The third kappa shape index (κ3) is 4.31. The van der Waals surface area contributed by atoms with Crippen molar-refractivity contribution in [1.29, 1.82) is 0 Å². The number of hydrogen-bond acceptors (Lipinski definition) is 5. The van der Waals surface area contributed by atoms with Crippen molar-refractivity contribution in [2.75, 3.05) is 4.31 Å². The van der Waals surface area contributed by atoms with Gasteiger partial charge in [-0.05, 0) is 61.9 Å². The summed E-state index contributed by atoms with van der Waals surface area (Å²) in [4.78, 5) is 11.8. The number of sulfonamides is 1. The van der Waals surface area contributed by atoms with Gasteiger partial charge in [0.15, 0.2) is 5.78 Å². The molecule has 7 nitrogen and oxygen atoms in total. The third-order valence-corrected chi connectivity index (χ3v) is 6.89. The van der Waals surface area contributed by atoms with Crippen LogP contribution in [-0.4, -0.2) is 29.2 Å². The first-order valence-corrected chi connectivity index (χ1v) is 11.5. The molecule has 0 aliphatic rings. The Kier molecular flexibility index (Phi) is 5.87. The molecular weight excluding hydrogens is 424 g/mol. The van der Waals surface area contributed by atoms with Crippen molar-refractivity contribution in [3.63, 3.8) is 0 Å². The van der Waals surface area contributed by atoms with Crippen molar-refractivity contribution in [3.8, 4) is 5.69 Å². The van der Waals surface area contributed by atoms with E-state index in [-0.39, 0.29) is 17.2 Å². The molecule has 0 radical (unpaired) electrons. The molecule has 0 atom stereocenters. The number of hydrogen-bond donors (Lipinski definition) is 0. The van der Waals surface area contributed by atoms with E-state index in [1.165, 1.54) is 11.2 Å². The zero-order chi connectivity index (χ0) is 22.7. The van der Waals surface area contributed by atoms with Crippen LogP contribution >= 0.6 is 0 Å². The second-order valence-electron chi connectivity index (χ2n) is 7.37. The molecule has 0 bridgehead atoms. The molecule has 0 fully saturated rings. The lowest BCUT2D eigenvalue weighted by Crippen LogP contribution is -2.30. The van der Waals surface area contributed by atoms with Crippen molar-refractivity contribution in [1.82, 2.24) is 15.0 Å². The van der Waals surface area contributed by atoms with Gasteiger partial charge in [-0.3, -0.25) is 9.10 Å².